The number of carboxylic acids is 3. The van der Waals surface area contributed by atoms with Gasteiger partial charge in [-0.1, -0.05) is 214 Å². The third-order valence-corrected chi connectivity index (χ3v) is 22.9. The van der Waals surface area contributed by atoms with Crippen molar-refractivity contribution in [2.45, 2.75) is 190 Å². The maximum atomic E-state index is 14.0. The standard InChI is InChI=1S/C32H35NO6.C31H32ClNO6.C31H32FNO6/c1-37-28-17-16-24-21-33(31(34)29(23-12-6-3-7-13-23)39-25-14-8-9-15-25)27(32(35)36)20-26(24)30(28)38-19-18-22-10-4-2-5-11-22;2*1-37-27-16-13-22-18-33(30(34)28(21-7-3-2-4-8-21)39-24-9-5-6-10-24)26(31(35)36)17-25(22)29(27)38-19-20-11-14-23(32)15-12-20/h2-7,10-13,16-17,25,27,29H,8-9,14-15,18-21H2,1H3,(H,35,36);2*2-4,7-8,11-16,24,26,28H,5-6,9-10,17-19H2,1H3,(H,35,36). The predicted molar refractivity (Wildman–Crippen MR) is 436 cm³/mol. The molecule has 3 fully saturated rings. The molecule has 0 spiro atoms. The molecular weight excluding hydrogens is 1510 g/mol. The van der Waals surface area contributed by atoms with Crippen LogP contribution in [0.15, 0.2) is 206 Å². The number of hydrogen-bond donors (Lipinski definition) is 3. The van der Waals surface area contributed by atoms with Crippen molar-refractivity contribution in [3.63, 3.8) is 0 Å². The summed E-state index contributed by atoms with van der Waals surface area (Å²) in [6, 6.07) is 59.1. The van der Waals surface area contributed by atoms with Crippen molar-refractivity contribution >= 4 is 47.2 Å². The van der Waals surface area contributed by atoms with Gasteiger partial charge in [0.2, 0.25) is 0 Å². The number of halogens is 2. The fraction of sp³-hybridized carbons (Fsp3) is 0.362. The van der Waals surface area contributed by atoms with Gasteiger partial charge in [-0.05, 0) is 131 Å². The number of hydrogen-bond acceptors (Lipinski definition) is 15. The number of nitrogens with zero attached hydrogens (tertiary/aromatic N) is 3. The summed E-state index contributed by atoms with van der Waals surface area (Å²) in [4.78, 5) is 84.0. The number of carboxylic acid groups (broad SMARTS) is 3. The molecule has 3 heterocycles. The summed E-state index contributed by atoms with van der Waals surface area (Å²) in [7, 11) is 4.64. The predicted octanol–water partition coefficient (Wildman–Crippen LogP) is 16.8. The number of methoxy groups -OCH3 is 3. The van der Waals surface area contributed by atoms with Gasteiger partial charge in [-0.15, -0.1) is 0 Å². The van der Waals surface area contributed by atoms with Crippen LogP contribution in [0.1, 0.15) is 162 Å². The molecule has 6 aliphatic rings. The molecule has 612 valence electrons. The van der Waals surface area contributed by atoms with E-state index in [4.69, 9.17) is 54.2 Å². The summed E-state index contributed by atoms with van der Waals surface area (Å²) in [6.45, 7) is 1.21. The molecule has 15 rings (SSSR count). The Labute approximate surface area is 686 Å². The molecule has 0 radical (unpaired) electrons. The van der Waals surface area contributed by atoms with Crippen LogP contribution in [0.25, 0.3) is 0 Å². The van der Waals surface area contributed by atoms with E-state index < -0.39 is 54.3 Å². The summed E-state index contributed by atoms with van der Waals surface area (Å²) in [5, 5.41) is 31.4. The van der Waals surface area contributed by atoms with Crippen molar-refractivity contribution in [2.24, 2.45) is 0 Å². The van der Waals surface area contributed by atoms with Crippen LogP contribution in [0.2, 0.25) is 5.02 Å². The molecular formula is C94H99ClFN3O18. The SMILES string of the molecule is COc1ccc2c(c1OCCc1ccccc1)CC(C(=O)O)N(C(=O)C(OC1CCCC1)c1ccccc1)C2.COc1ccc2c(c1OCc1ccc(Cl)cc1)CC(C(=O)O)N(C(=O)C(OC1CCCC1)c1ccccc1)C2.COc1ccc2c(c1OCc1ccc(F)cc1)CC(C(=O)O)N(C(=O)C(OC1CCCC1)c1ccccc1)C2. The molecule has 6 atom stereocenters. The van der Waals surface area contributed by atoms with Crippen molar-refractivity contribution < 1.29 is 91.1 Å². The number of carbonyl (C=O) groups excluding carboxylic acids is 3. The maximum absolute atomic E-state index is 14.0. The zero-order valence-corrected chi connectivity index (χ0v) is 66.7. The number of aliphatic carboxylic acids is 3. The first-order valence-corrected chi connectivity index (χ1v) is 40.5. The van der Waals surface area contributed by atoms with Crippen molar-refractivity contribution in [3.8, 4) is 34.5 Å². The lowest BCUT2D eigenvalue weighted by Crippen LogP contribution is -2.50. The Morgan fingerprint density at radius 1 is 0.385 bits per heavy atom. The van der Waals surface area contributed by atoms with Gasteiger partial charge in [0.25, 0.3) is 17.7 Å². The minimum atomic E-state index is -1.11. The summed E-state index contributed by atoms with van der Waals surface area (Å²) >= 11 is 6.01. The van der Waals surface area contributed by atoms with Crippen LogP contribution in [0.4, 0.5) is 4.39 Å². The molecule has 0 aromatic heterocycles. The van der Waals surface area contributed by atoms with Crippen molar-refractivity contribution in [2.75, 3.05) is 27.9 Å². The monoisotopic (exact) mass is 1610 g/mol. The number of amides is 3. The fourth-order valence-electron chi connectivity index (χ4n) is 16.4. The summed E-state index contributed by atoms with van der Waals surface area (Å²) in [5.41, 5.74) is 9.63. The van der Waals surface area contributed by atoms with Crippen molar-refractivity contribution in [1.29, 1.82) is 0 Å². The van der Waals surface area contributed by atoms with Gasteiger partial charge in [-0.3, -0.25) is 14.4 Å². The average molecular weight is 1610 g/mol. The summed E-state index contributed by atoms with van der Waals surface area (Å²) < 4.78 is 67.6. The lowest BCUT2D eigenvalue weighted by molar-refractivity contribution is -0.160. The number of fused-ring (bicyclic) bond motifs is 3. The number of benzene rings is 9. The lowest BCUT2D eigenvalue weighted by Gasteiger charge is -2.37. The zero-order valence-electron chi connectivity index (χ0n) is 65.9. The van der Waals surface area contributed by atoms with E-state index in [1.807, 2.05) is 158 Å². The Morgan fingerprint density at radius 2 is 0.684 bits per heavy atom. The van der Waals surface area contributed by atoms with E-state index >= 15 is 0 Å². The number of carbonyl (C=O) groups is 6. The summed E-state index contributed by atoms with van der Waals surface area (Å²) in [6.07, 6.45) is 10.1. The van der Waals surface area contributed by atoms with Gasteiger partial charge in [0, 0.05) is 67.0 Å². The third kappa shape index (κ3) is 20.7. The maximum Gasteiger partial charge on any atom is 0.326 e. The Balaban J connectivity index is 0.000000152. The van der Waals surface area contributed by atoms with E-state index in [-0.39, 0.29) is 94.0 Å². The Hall–Kier alpha value is -11.3. The van der Waals surface area contributed by atoms with Gasteiger partial charge in [0.05, 0.1) is 46.2 Å². The first kappa shape index (κ1) is 83.6. The van der Waals surface area contributed by atoms with Crippen LogP contribution < -0.4 is 28.4 Å². The van der Waals surface area contributed by atoms with Crippen LogP contribution in [0.5, 0.6) is 34.5 Å². The third-order valence-electron chi connectivity index (χ3n) is 22.6. The van der Waals surface area contributed by atoms with Gasteiger partial charge in [-0.25, -0.2) is 18.8 Å². The normalized spacial score (nSPS) is 17.9. The molecule has 23 heteroatoms. The van der Waals surface area contributed by atoms with Crippen LogP contribution in [-0.2, 0) is 102 Å². The Kier molecular flexibility index (Phi) is 28.6. The topological polar surface area (TPSA) is 256 Å². The van der Waals surface area contributed by atoms with Gasteiger partial charge >= 0.3 is 17.9 Å². The second-order valence-electron chi connectivity index (χ2n) is 30.2. The summed E-state index contributed by atoms with van der Waals surface area (Å²) in [5.74, 6) is -1.61. The van der Waals surface area contributed by atoms with Gasteiger partial charge in [0.1, 0.15) is 37.2 Å². The van der Waals surface area contributed by atoms with E-state index in [1.54, 1.807) is 50.6 Å². The van der Waals surface area contributed by atoms with Gasteiger partial charge in [0.15, 0.2) is 52.8 Å². The Morgan fingerprint density at radius 3 is 0.991 bits per heavy atom. The van der Waals surface area contributed by atoms with E-state index in [2.05, 4.69) is 0 Å². The zero-order chi connectivity index (χ0) is 81.9. The molecule has 6 unspecified atom stereocenters. The van der Waals surface area contributed by atoms with Gasteiger partial charge in [-0.2, -0.15) is 0 Å². The number of ether oxygens (including phenoxy) is 9. The first-order chi connectivity index (χ1) is 56.9. The largest absolute Gasteiger partial charge is 0.493 e. The fourth-order valence-corrected chi connectivity index (χ4v) is 16.5. The first-order valence-electron chi connectivity index (χ1n) is 40.1. The molecule has 3 N–H and O–H groups in total. The average Bonchev–Trinajstić information content (AvgIpc) is 1.28. The highest BCUT2D eigenvalue weighted by atomic mass is 35.5. The van der Waals surface area contributed by atoms with E-state index in [1.165, 1.54) is 33.9 Å². The molecule has 3 aliphatic carbocycles. The molecule has 3 amide bonds. The van der Waals surface area contributed by atoms with E-state index in [0.717, 1.165) is 133 Å². The molecule has 3 aliphatic heterocycles. The van der Waals surface area contributed by atoms with Crippen LogP contribution >= 0.6 is 11.6 Å². The second-order valence-corrected chi connectivity index (χ2v) is 30.6. The molecule has 9 aromatic carbocycles. The molecule has 21 nitrogen and oxygen atoms in total. The Bertz CT molecular complexity index is 4650. The van der Waals surface area contributed by atoms with Gasteiger partial charge < -0.3 is 72.7 Å². The minimum absolute atomic E-state index is 0.00612. The molecule has 9 aromatic rings. The highest BCUT2D eigenvalue weighted by molar-refractivity contribution is 6.30. The molecule has 3 saturated carbocycles. The van der Waals surface area contributed by atoms with E-state index in [0.29, 0.717) is 63.7 Å². The second kappa shape index (κ2) is 40.0. The lowest BCUT2D eigenvalue weighted by atomic mass is 9.91. The molecule has 0 bridgehead atoms. The van der Waals surface area contributed by atoms with Crippen LogP contribution in [0.3, 0.4) is 0 Å². The smallest absolute Gasteiger partial charge is 0.326 e. The minimum Gasteiger partial charge on any atom is -0.493 e. The highest BCUT2D eigenvalue weighted by Crippen LogP contribution is 2.45. The number of rotatable bonds is 28. The molecule has 117 heavy (non-hydrogen) atoms. The molecule has 0 saturated heterocycles. The highest BCUT2D eigenvalue weighted by Gasteiger charge is 2.45. The van der Waals surface area contributed by atoms with Crippen LogP contribution in [-0.4, -0.2) is 130 Å². The van der Waals surface area contributed by atoms with Crippen LogP contribution in [0, 0.1) is 5.82 Å². The van der Waals surface area contributed by atoms with Crippen molar-refractivity contribution in [3.05, 3.63) is 284 Å². The van der Waals surface area contributed by atoms with Crippen molar-refractivity contribution in [1.82, 2.24) is 14.7 Å². The van der Waals surface area contributed by atoms with E-state index in [9.17, 15) is 48.5 Å². The quantitative estimate of drug-likeness (QED) is 0.0412.